The minimum atomic E-state index is -0.483. The maximum Gasteiger partial charge on any atom is 0.154 e. The van der Waals surface area contributed by atoms with Crippen molar-refractivity contribution >= 4 is 16.9 Å². The fourth-order valence-corrected chi connectivity index (χ4v) is 1.56. The molecular weight excluding hydrogens is 216 g/mol. The first-order valence-corrected chi connectivity index (χ1v) is 5.64. The summed E-state index contributed by atoms with van der Waals surface area (Å²) >= 11 is 0. The van der Waals surface area contributed by atoms with Crippen molar-refractivity contribution in [1.82, 2.24) is 14.5 Å². The van der Waals surface area contributed by atoms with Gasteiger partial charge in [0.1, 0.15) is 5.52 Å². The quantitative estimate of drug-likeness (QED) is 0.845. The minimum Gasteiger partial charge on any atom is -0.391 e. The molecule has 1 atom stereocenters. The number of aliphatic hydroxyl groups is 1. The van der Waals surface area contributed by atoms with Crippen LogP contribution in [0.5, 0.6) is 0 Å². The summed E-state index contributed by atoms with van der Waals surface area (Å²) in [6.45, 7) is 5.62. The van der Waals surface area contributed by atoms with Gasteiger partial charge in [0.05, 0.1) is 23.5 Å². The van der Waals surface area contributed by atoms with Gasteiger partial charge in [-0.15, -0.1) is 0 Å². The Morgan fingerprint density at radius 2 is 2.12 bits per heavy atom. The third-order valence-corrected chi connectivity index (χ3v) is 3.13. The van der Waals surface area contributed by atoms with Crippen LogP contribution in [-0.4, -0.2) is 31.3 Å². The van der Waals surface area contributed by atoms with Gasteiger partial charge < -0.3 is 15.0 Å². The molecule has 0 radical (unpaired) electrons. The molecule has 0 aliphatic rings. The zero-order valence-corrected chi connectivity index (χ0v) is 10.6. The van der Waals surface area contributed by atoms with Crippen LogP contribution >= 0.6 is 0 Å². The van der Waals surface area contributed by atoms with Crippen molar-refractivity contribution in [2.75, 3.05) is 5.32 Å². The molecule has 0 aromatic carbocycles. The number of anilines is 1. The standard InChI is InChI=1S/C12H18N4O/c1-8(17)12(2,3)15-11-10-9(5-6-13-11)16(4)7-14-10/h5-8,17H,1-4H3,(H,13,15). The number of rotatable bonds is 3. The van der Waals surface area contributed by atoms with Crippen molar-refractivity contribution in [2.24, 2.45) is 7.05 Å². The van der Waals surface area contributed by atoms with Gasteiger partial charge in [0, 0.05) is 13.2 Å². The van der Waals surface area contributed by atoms with Crippen molar-refractivity contribution in [2.45, 2.75) is 32.4 Å². The molecule has 2 rings (SSSR count). The molecule has 0 saturated carbocycles. The molecule has 2 N–H and O–H groups in total. The fraction of sp³-hybridized carbons (Fsp3) is 0.500. The Labute approximate surface area is 101 Å². The zero-order chi connectivity index (χ0) is 12.6. The van der Waals surface area contributed by atoms with Gasteiger partial charge in [-0.2, -0.15) is 0 Å². The van der Waals surface area contributed by atoms with Gasteiger partial charge in [-0.1, -0.05) is 0 Å². The third-order valence-electron chi connectivity index (χ3n) is 3.13. The number of pyridine rings is 1. The molecule has 0 aliphatic carbocycles. The van der Waals surface area contributed by atoms with Gasteiger partial charge in [0.2, 0.25) is 0 Å². The van der Waals surface area contributed by atoms with E-state index in [1.54, 1.807) is 19.4 Å². The molecule has 2 aromatic rings. The van der Waals surface area contributed by atoms with Crippen LogP contribution in [0.4, 0.5) is 5.82 Å². The molecule has 1 unspecified atom stereocenters. The number of aromatic nitrogens is 3. The summed E-state index contributed by atoms with van der Waals surface area (Å²) in [5, 5.41) is 12.9. The number of fused-ring (bicyclic) bond motifs is 1. The van der Waals surface area contributed by atoms with E-state index in [1.165, 1.54) is 0 Å². The third kappa shape index (κ3) is 2.10. The molecule has 17 heavy (non-hydrogen) atoms. The van der Waals surface area contributed by atoms with E-state index in [-0.39, 0.29) is 0 Å². The van der Waals surface area contributed by atoms with Crippen LogP contribution in [-0.2, 0) is 7.05 Å². The van der Waals surface area contributed by atoms with Gasteiger partial charge in [-0.3, -0.25) is 0 Å². The summed E-state index contributed by atoms with van der Waals surface area (Å²) in [6.07, 6.45) is 3.01. The smallest absolute Gasteiger partial charge is 0.154 e. The SMILES string of the molecule is CC(O)C(C)(C)Nc1nccc2c1ncn2C. The maximum absolute atomic E-state index is 9.70. The molecule has 2 heterocycles. The van der Waals surface area contributed by atoms with Gasteiger partial charge >= 0.3 is 0 Å². The van der Waals surface area contributed by atoms with Crippen LogP contribution in [0.25, 0.3) is 11.0 Å². The Morgan fingerprint density at radius 1 is 1.41 bits per heavy atom. The number of imidazole rings is 1. The van der Waals surface area contributed by atoms with Crippen LogP contribution in [0, 0.1) is 0 Å². The van der Waals surface area contributed by atoms with Crippen molar-refractivity contribution in [1.29, 1.82) is 0 Å². The average molecular weight is 234 g/mol. The molecule has 92 valence electrons. The highest BCUT2D eigenvalue weighted by atomic mass is 16.3. The van der Waals surface area contributed by atoms with E-state index in [2.05, 4.69) is 15.3 Å². The first-order valence-electron chi connectivity index (χ1n) is 5.64. The molecule has 0 bridgehead atoms. The summed E-state index contributed by atoms with van der Waals surface area (Å²) in [6, 6.07) is 1.92. The minimum absolute atomic E-state index is 0.446. The number of nitrogens with one attached hydrogen (secondary N) is 1. The second kappa shape index (κ2) is 4.00. The van der Waals surface area contributed by atoms with Crippen LogP contribution in [0.15, 0.2) is 18.6 Å². The van der Waals surface area contributed by atoms with Crippen molar-refractivity contribution in [3.05, 3.63) is 18.6 Å². The number of nitrogens with zero attached hydrogens (tertiary/aromatic N) is 3. The lowest BCUT2D eigenvalue weighted by Gasteiger charge is -2.29. The predicted molar refractivity (Wildman–Crippen MR) is 67.9 cm³/mol. The summed E-state index contributed by atoms with van der Waals surface area (Å²) in [5.41, 5.74) is 1.39. The highest BCUT2D eigenvalue weighted by molar-refractivity contribution is 5.86. The first kappa shape index (κ1) is 11.9. The summed E-state index contributed by atoms with van der Waals surface area (Å²) in [5.74, 6) is 0.703. The van der Waals surface area contributed by atoms with E-state index in [4.69, 9.17) is 0 Å². The van der Waals surface area contributed by atoms with Gasteiger partial charge in [-0.25, -0.2) is 9.97 Å². The van der Waals surface area contributed by atoms with Gasteiger partial charge in [0.25, 0.3) is 0 Å². The number of aryl methyl sites for hydroxylation is 1. The van der Waals surface area contributed by atoms with Crippen LogP contribution in [0.3, 0.4) is 0 Å². The first-order chi connectivity index (χ1) is 7.92. The number of aliphatic hydroxyl groups excluding tert-OH is 1. The lowest BCUT2D eigenvalue weighted by Crippen LogP contribution is -2.42. The molecule has 2 aromatic heterocycles. The highest BCUT2D eigenvalue weighted by Crippen LogP contribution is 2.23. The fourth-order valence-electron chi connectivity index (χ4n) is 1.56. The molecule has 5 heteroatoms. The van der Waals surface area contributed by atoms with Crippen LogP contribution < -0.4 is 5.32 Å². The molecule has 0 fully saturated rings. The van der Waals surface area contributed by atoms with Crippen LogP contribution in [0.2, 0.25) is 0 Å². The lowest BCUT2D eigenvalue weighted by atomic mass is 9.99. The van der Waals surface area contributed by atoms with E-state index in [0.717, 1.165) is 11.0 Å². The average Bonchev–Trinajstić information content (AvgIpc) is 2.61. The Balaban J connectivity index is 2.43. The lowest BCUT2D eigenvalue weighted by molar-refractivity contribution is 0.133. The largest absolute Gasteiger partial charge is 0.391 e. The molecular formula is C12H18N4O. The summed E-state index contributed by atoms with van der Waals surface area (Å²) in [4.78, 5) is 8.61. The topological polar surface area (TPSA) is 63.0 Å². The Hall–Kier alpha value is -1.62. The van der Waals surface area contributed by atoms with Gasteiger partial charge in [-0.05, 0) is 26.8 Å². The molecule has 0 saturated heterocycles. The van der Waals surface area contributed by atoms with E-state index >= 15 is 0 Å². The second-order valence-electron chi connectivity index (χ2n) is 4.91. The van der Waals surface area contributed by atoms with E-state index in [9.17, 15) is 5.11 Å². The van der Waals surface area contributed by atoms with Crippen LogP contribution in [0.1, 0.15) is 20.8 Å². The highest BCUT2D eigenvalue weighted by Gasteiger charge is 2.25. The zero-order valence-electron chi connectivity index (χ0n) is 10.6. The summed E-state index contributed by atoms with van der Waals surface area (Å²) < 4.78 is 1.94. The Kier molecular flexibility index (Phi) is 2.79. The number of hydrogen-bond acceptors (Lipinski definition) is 4. The second-order valence-corrected chi connectivity index (χ2v) is 4.91. The van der Waals surface area contributed by atoms with E-state index in [1.807, 2.05) is 31.5 Å². The van der Waals surface area contributed by atoms with Crippen molar-refractivity contribution in [3.8, 4) is 0 Å². The molecule has 0 spiro atoms. The van der Waals surface area contributed by atoms with E-state index < -0.39 is 11.6 Å². The predicted octanol–water partition coefficient (Wildman–Crippen LogP) is 1.54. The van der Waals surface area contributed by atoms with Crippen molar-refractivity contribution in [3.63, 3.8) is 0 Å². The molecule has 0 aliphatic heterocycles. The Bertz CT molecular complexity index is 530. The Morgan fingerprint density at radius 3 is 2.76 bits per heavy atom. The number of hydrogen-bond donors (Lipinski definition) is 2. The summed E-state index contributed by atoms with van der Waals surface area (Å²) in [7, 11) is 1.94. The molecule has 5 nitrogen and oxygen atoms in total. The van der Waals surface area contributed by atoms with Gasteiger partial charge in [0.15, 0.2) is 5.82 Å². The monoisotopic (exact) mass is 234 g/mol. The maximum atomic E-state index is 9.70. The molecule has 0 amide bonds. The van der Waals surface area contributed by atoms with E-state index in [0.29, 0.717) is 5.82 Å². The normalized spacial score (nSPS) is 13.9. The van der Waals surface area contributed by atoms with Crippen molar-refractivity contribution < 1.29 is 5.11 Å².